The molecule has 0 radical (unpaired) electrons. The van der Waals surface area contributed by atoms with Gasteiger partial charge in [0, 0.05) is 6.08 Å². The van der Waals surface area contributed by atoms with Crippen LogP contribution in [-0.2, 0) is 24.3 Å². The lowest BCUT2D eigenvalue weighted by Gasteiger charge is -2.09. The number of methoxy groups -OCH3 is 1. The fourth-order valence-electron chi connectivity index (χ4n) is 2.26. The zero-order valence-electron chi connectivity index (χ0n) is 16.0. The lowest BCUT2D eigenvalue weighted by molar-refractivity contribution is -0.138. The highest BCUT2D eigenvalue weighted by Gasteiger charge is 2.17. The van der Waals surface area contributed by atoms with Crippen LogP contribution >= 0.6 is 0 Å². The van der Waals surface area contributed by atoms with E-state index < -0.39 is 22.0 Å². The van der Waals surface area contributed by atoms with Crippen LogP contribution < -0.4 is 9.46 Å². The highest BCUT2D eigenvalue weighted by atomic mass is 32.2. The minimum atomic E-state index is -3.72. The molecule has 0 atom stereocenters. The molecule has 0 fully saturated rings. The van der Waals surface area contributed by atoms with E-state index in [4.69, 9.17) is 14.2 Å². The van der Waals surface area contributed by atoms with Crippen LogP contribution in [-0.4, -0.2) is 47.7 Å². The number of esters is 2. The Morgan fingerprint density at radius 3 is 2.38 bits per heavy atom. The van der Waals surface area contributed by atoms with Gasteiger partial charge in [-0.1, -0.05) is 24.3 Å². The molecule has 0 amide bonds. The van der Waals surface area contributed by atoms with Gasteiger partial charge in [0.1, 0.15) is 23.9 Å². The zero-order chi connectivity index (χ0) is 21.3. The molecule has 0 aliphatic rings. The van der Waals surface area contributed by atoms with Gasteiger partial charge in [-0.2, -0.15) is 0 Å². The van der Waals surface area contributed by atoms with Gasteiger partial charge in [-0.25, -0.2) is 22.7 Å². The van der Waals surface area contributed by atoms with E-state index in [1.165, 1.54) is 32.4 Å². The van der Waals surface area contributed by atoms with E-state index in [1.807, 2.05) is 0 Å². The predicted molar refractivity (Wildman–Crippen MR) is 106 cm³/mol. The predicted octanol–water partition coefficient (Wildman–Crippen LogP) is 2.02. The molecule has 0 heterocycles. The summed E-state index contributed by atoms with van der Waals surface area (Å²) in [5.41, 5.74) is 0.873. The first-order valence-electron chi connectivity index (χ1n) is 8.56. The molecule has 0 unspecified atom stereocenters. The van der Waals surface area contributed by atoms with Gasteiger partial charge in [-0.05, 0) is 43.0 Å². The second-order valence-electron chi connectivity index (χ2n) is 5.62. The first kappa shape index (κ1) is 22.1. The third-order valence-corrected chi connectivity index (χ3v) is 5.16. The number of nitrogens with one attached hydrogen (secondary N) is 1. The van der Waals surface area contributed by atoms with E-state index in [0.717, 1.165) is 6.08 Å². The van der Waals surface area contributed by atoms with Crippen molar-refractivity contribution in [3.8, 4) is 5.75 Å². The number of sulfonamides is 1. The van der Waals surface area contributed by atoms with Crippen molar-refractivity contribution in [2.75, 3.05) is 27.4 Å². The molecule has 0 saturated heterocycles. The van der Waals surface area contributed by atoms with Crippen LogP contribution in [0, 0.1) is 0 Å². The van der Waals surface area contributed by atoms with Crippen molar-refractivity contribution < 1.29 is 32.2 Å². The number of carbonyl (C=O) groups excluding carboxylic acids is 2. The van der Waals surface area contributed by atoms with E-state index in [1.54, 1.807) is 36.4 Å². The molecule has 0 aromatic heterocycles. The SMILES string of the molecule is CNS(=O)(=O)c1cc(/C=C/C(=O)OCCOC(=O)c2ccccc2)ccc1OC. The maximum Gasteiger partial charge on any atom is 0.338 e. The zero-order valence-corrected chi connectivity index (χ0v) is 16.8. The molecule has 2 rings (SSSR count). The summed E-state index contributed by atoms with van der Waals surface area (Å²) in [6.07, 6.45) is 2.56. The second-order valence-corrected chi connectivity index (χ2v) is 7.48. The minimum Gasteiger partial charge on any atom is -0.495 e. The molecule has 8 nitrogen and oxygen atoms in total. The summed E-state index contributed by atoms with van der Waals surface area (Å²) < 4.78 is 41.3. The van der Waals surface area contributed by atoms with Crippen molar-refractivity contribution in [1.29, 1.82) is 0 Å². The van der Waals surface area contributed by atoms with Crippen molar-refractivity contribution in [3.05, 3.63) is 65.7 Å². The third-order valence-electron chi connectivity index (χ3n) is 3.73. The van der Waals surface area contributed by atoms with Crippen molar-refractivity contribution in [2.45, 2.75) is 4.90 Å². The van der Waals surface area contributed by atoms with Gasteiger partial charge in [0.25, 0.3) is 0 Å². The quantitative estimate of drug-likeness (QED) is 0.376. The maximum absolute atomic E-state index is 12.1. The monoisotopic (exact) mass is 419 g/mol. The Bertz CT molecular complexity index is 985. The van der Waals surface area contributed by atoms with E-state index in [2.05, 4.69) is 4.72 Å². The number of hydrogen-bond acceptors (Lipinski definition) is 7. The van der Waals surface area contributed by atoms with Crippen molar-refractivity contribution in [3.63, 3.8) is 0 Å². The molecule has 2 aromatic rings. The van der Waals surface area contributed by atoms with Crippen molar-refractivity contribution >= 4 is 28.0 Å². The molecule has 9 heteroatoms. The normalized spacial score (nSPS) is 11.2. The topological polar surface area (TPSA) is 108 Å². The molecule has 0 aliphatic carbocycles. The van der Waals surface area contributed by atoms with Gasteiger partial charge in [0.05, 0.1) is 12.7 Å². The second kappa shape index (κ2) is 10.4. The number of carbonyl (C=O) groups is 2. The summed E-state index contributed by atoms with van der Waals surface area (Å²) >= 11 is 0. The summed E-state index contributed by atoms with van der Waals surface area (Å²) in [7, 11) is -1.07. The van der Waals surface area contributed by atoms with Crippen LogP contribution in [0.5, 0.6) is 5.75 Å². The van der Waals surface area contributed by atoms with E-state index >= 15 is 0 Å². The summed E-state index contributed by atoms with van der Waals surface area (Å²) in [5, 5.41) is 0. The molecule has 0 saturated carbocycles. The molecule has 0 spiro atoms. The molecule has 1 N–H and O–H groups in total. The highest BCUT2D eigenvalue weighted by molar-refractivity contribution is 7.89. The standard InChI is InChI=1S/C20H21NO7S/c1-21-29(24,25)18-14-15(8-10-17(18)26-2)9-11-19(22)27-12-13-28-20(23)16-6-4-3-5-7-16/h3-11,14,21H,12-13H2,1-2H3/b11-9+. The number of benzene rings is 2. The number of rotatable bonds is 9. The lowest BCUT2D eigenvalue weighted by Crippen LogP contribution is -2.19. The lowest BCUT2D eigenvalue weighted by atomic mass is 10.2. The Kier molecular flexibility index (Phi) is 7.93. The van der Waals surface area contributed by atoms with Crippen LogP contribution in [0.3, 0.4) is 0 Å². The molecule has 0 bridgehead atoms. The van der Waals surface area contributed by atoms with Crippen LogP contribution in [0.4, 0.5) is 0 Å². The Labute approximate surface area is 169 Å². The highest BCUT2D eigenvalue weighted by Crippen LogP contribution is 2.25. The maximum atomic E-state index is 12.1. The van der Waals surface area contributed by atoms with Gasteiger partial charge < -0.3 is 14.2 Å². The minimum absolute atomic E-state index is 0.0501. The van der Waals surface area contributed by atoms with Crippen molar-refractivity contribution in [2.24, 2.45) is 0 Å². The van der Waals surface area contributed by atoms with Crippen molar-refractivity contribution in [1.82, 2.24) is 4.72 Å². The number of ether oxygens (including phenoxy) is 3. The fourth-order valence-corrected chi connectivity index (χ4v) is 3.19. The van der Waals surface area contributed by atoms with Crippen LogP contribution in [0.1, 0.15) is 15.9 Å². The molecule has 29 heavy (non-hydrogen) atoms. The average Bonchev–Trinajstić information content (AvgIpc) is 2.75. The van der Waals surface area contributed by atoms with Crippen LogP contribution in [0.2, 0.25) is 0 Å². The Hall–Kier alpha value is -3.17. The van der Waals surface area contributed by atoms with Gasteiger partial charge in [0.15, 0.2) is 0 Å². The Morgan fingerprint density at radius 2 is 1.72 bits per heavy atom. The van der Waals surface area contributed by atoms with E-state index in [0.29, 0.717) is 11.1 Å². The summed E-state index contributed by atoms with van der Waals surface area (Å²) in [6.45, 7) is -0.190. The Balaban J connectivity index is 1.89. The number of hydrogen-bond donors (Lipinski definition) is 1. The molecule has 0 aliphatic heterocycles. The van der Waals surface area contributed by atoms with Gasteiger partial charge >= 0.3 is 11.9 Å². The summed E-state index contributed by atoms with van der Waals surface area (Å²) in [5.74, 6) is -0.984. The molecular formula is C20H21NO7S. The summed E-state index contributed by atoms with van der Waals surface area (Å²) in [6, 6.07) is 12.9. The van der Waals surface area contributed by atoms with Crippen LogP contribution in [0.15, 0.2) is 59.5 Å². The molecular weight excluding hydrogens is 398 g/mol. The molecule has 154 valence electrons. The largest absolute Gasteiger partial charge is 0.495 e. The van der Waals surface area contributed by atoms with E-state index in [9.17, 15) is 18.0 Å². The van der Waals surface area contributed by atoms with E-state index in [-0.39, 0.29) is 23.9 Å². The van der Waals surface area contributed by atoms with Gasteiger partial charge in [-0.3, -0.25) is 0 Å². The average molecular weight is 419 g/mol. The third kappa shape index (κ3) is 6.44. The van der Waals surface area contributed by atoms with Gasteiger partial charge in [0.2, 0.25) is 10.0 Å². The first-order valence-corrected chi connectivity index (χ1v) is 10.0. The van der Waals surface area contributed by atoms with Crippen LogP contribution in [0.25, 0.3) is 6.08 Å². The Morgan fingerprint density at radius 1 is 1.03 bits per heavy atom. The molecule has 2 aromatic carbocycles. The fraction of sp³-hybridized carbons (Fsp3) is 0.200. The smallest absolute Gasteiger partial charge is 0.338 e. The first-order chi connectivity index (χ1) is 13.9. The summed E-state index contributed by atoms with van der Waals surface area (Å²) in [4.78, 5) is 23.5. The van der Waals surface area contributed by atoms with Gasteiger partial charge in [-0.15, -0.1) is 0 Å².